The lowest BCUT2D eigenvalue weighted by molar-refractivity contribution is 0.0528. The largest absolute Gasteiger partial charge is 0.462 e. The molecule has 3 nitrogen and oxygen atoms in total. The molecule has 0 aliphatic carbocycles. The van der Waals surface area contributed by atoms with Gasteiger partial charge in [0.1, 0.15) is 0 Å². The van der Waals surface area contributed by atoms with Crippen LogP contribution in [0.2, 0.25) is 0 Å². The minimum atomic E-state index is -0.319. The van der Waals surface area contributed by atoms with Gasteiger partial charge < -0.3 is 4.74 Å². The molecule has 0 bridgehead atoms. The molecule has 3 aromatic rings. The van der Waals surface area contributed by atoms with Crippen LogP contribution in [0.5, 0.6) is 0 Å². The molecule has 0 fully saturated rings. The van der Waals surface area contributed by atoms with Crippen molar-refractivity contribution < 1.29 is 9.53 Å². The highest BCUT2D eigenvalue weighted by atomic mass is 79.9. The van der Waals surface area contributed by atoms with Gasteiger partial charge in [0.25, 0.3) is 0 Å². The van der Waals surface area contributed by atoms with E-state index in [0.717, 1.165) is 25.9 Å². The molecule has 0 aliphatic rings. The van der Waals surface area contributed by atoms with E-state index in [2.05, 4.69) is 20.9 Å². The van der Waals surface area contributed by atoms with Crippen LogP contribution in [0.3, 0.4) is 0 Å². The van der Waals surface area contributed by atoms with Crippen molar-refractivity contribution in [2.45, 2.75) is 6.92 Å². The van der Waals surface area contributed by atoms with E-state index in [1.54, 1.807) is 24.3 Å². The van der Waals surface area contributed by atoms with E-state index in [1.807, 2.05) is 35.7 Å². The van der Waals surface area contributed by atoms with E-state index in [9.17, 15) is 4.79 Å². The second-order valence-electron chi connectivity index (χ2n) is 4.41. The number of hydrogen-bond acceptors (Lipinski definition) is 4. The summed E-state index contributed by atoms with van der Waals surface area (Å²) in [6.45, 7) is 2.16. The maximum Gasteiger partial charge on any atom is 0.338 e. The molecular formula is C16H12BrNO2S. The van der Waals surface area contributed by atoms with Gasteiger partial charge in [-0.05, 0) is 42.6 Å². The first-order valence-corrected chi connectivity index (χ1v) is 8.17. The number of fused-ring (bicyclic) bond motifs is 1. The number of thiophene rings is 1. The standard InChI is InChI=1S/C16H12BrNO2S/c1-2-20-16(19)12-9-14(15-4-3-7-21-15)18-13-6-5-10(17)8-11(12)13/h3-9H,2H2,1H3. The number of halogens is 1. The third kappa shape index (κ3) is 2.84. The van der Waals surface area contributed by atoms with Crippen LogP contribution in [0.4, 0.5) is 0 Å². The number of aromatic nitrogens is 1. The van der Waals surface area contributed by atoms with Gasteiger partial charge in [0.05, 0.1) is 28.3 Å². The molecule has 0 saturated heterocycles. The van der Waals surface area contributed by atoms with E-state index in [4.69, 9.17) is 4.74 Å². The van der Waals surface area contributed by atoms with Gasteiger partial charge in [0.15, 0.2) is 0 Å². The Balaban J connectivity index is 2.25. The number of esters is 1. The van der Waals surface area contributed by atoms with Crippen LogP contribution >= 0.6 is 27.3 Å². The molecule has 106 valence electrons. The maximum absolute atomic E-state index is 12.2. The second kappa shape index (κ2) is 5.95. The van der Waals surface area contributed by atoms with Crippen LogP contribution in [0.25, 0.3) is 21.5 Å². The maximum atomic E-state index is 12.2. The lowest BCUT2D eigenvalue weighted by Gasteiger charge is -2.09. The van der Waals surface area contributed by atoms with Gasteiger partial charge in [-0.15, -0.1) is 11.3 Å². The Morgan fingerprint density at radius 2 is 2.19 bits per heavy atom. The van der Waals surface area contributed by atoms with Gasteiger partial charge >= 0.3 is 5.97 Å². The molecule has 21 heavy (non-hydrogen) atoms. The Morgan fingerprint density at radius 3 is 2.90 bits per heavy atom. The predicted molar refractivity (Wildman–Crippen MR) is 88.7 cm³/mol. The number of benzene rings is 1. The number of rotatable bonds is 3. The summed E-state index contributed by atoms with van der Waals surface area (Å²) >= 11 is 5.03. The molecule has 1 aromatic carbocycles. The average Bonchev–Trinajstić information content (AvgIpc) is 3.00. The third-order valence-corrected chi connectivity index (χ3v) is 4.43. The highest BCUT2D eigenvalue weighted by Gasteiger charge is 2.15. The van der Waals surface area contributed by atoms with Crippen LogP contribution in [0.15, 0.2) is 46.3 Å². The monoisotopic (exact) mass is 361 g/mol. The Hall–Kier alpha value is -1.72. The van der Waals surface area contributed by atoms with Crippen LogP contribution in [0, 0.1) is 0 Å². The first kappa shape index (κ1) is 14.2. The number of nitrogens with zero attached hydrogens (tertiary/aromatic N) is 1. The van der Waals surface area contributed by atoms with Gasteiger partial charge in [-0.2, -0.15) is 0 Å². The minimum Gasteiger partial charge on any atom is -0.462 e. The predicted octanol–water partition coefficient (Wildman–Crippen LogP) is 4.90. The fourth-order valence-electron chi connectivity index (χ4n) is 2.13. The molecule has 2 aromatic heterocycles. The summed E-state index contributed by atoms with van der Waals surface area (Å²) in [4.78, 5) is 17.9. The van der Waals surface area contributed by atoms with Gasteiger partial charge in [-0.25, -0.2) is 9.78 Å². The number of ether oxygens (including phenoxy) is 1. The Labute approximate surface area is 134 Å². The zero-order valence-corrected chi connectivity index (χ0v) is 13.7. The zero-order chi connectivity index (χ0) is 14.8. The lowest BCUT2D eigenvalue weighted by atomic mass is 10.1. The summed E-state index contributed by atoms with van der Waals surface area (Å²) in [5.41, 5.74) is 2.13. The van der Waals surface area contributed by atoms with Crippen molar-refractivity contribution in [3.63, 3.8) is 0 Å². The van der Waals surface area contributed by atoms with Crippen molar-refractivity contribution in [1.82, 2.24) is 4.98 Å². The molecule has 0 unspecified atom stereocenters. The smallest absolute Gasteiger partial charge is 0.338 e. The average molecular weight is 362 g/mol. The Kier molecular flexibility index (Phi) is 4.03. The number of hydrogen-bond donors (Lipinski definition) is 0. The van der Waals surface area contributed by atoms with Crippen LogP contribution < -0.4 is 0 Å². The normalized spacial score (nSPS) is 10.8. The summed E-state index contributed by atoms with van der Waals surface area (Å²) in [6, 6.07) is 11.5. The summed E-state index contributed by atoms with van der Waals surface area (Å²) in [5.74, 6) is -0.319. The van der Waals surface area contributed by atoms with E-state index in [1.165, 1.54) is 0 Å². The summed E-state index contributed by atoms with van der Waals surface area (Å²) < 4.78 is 6.08. The minimum absolute atomic E-state index is 0.319. The lowest BCUT2D eigenvalue weighted by Crippen LogP contribution is -2.06. The van der Waals surface area contributed by atoms with Crippen LogP contribution in [-0.4, -0.2) is 17.6 Å². The van der Waals surface area contributed by atoms with Gasteiger partial charge in [0.2, 0.25) is 0 Å². The number of carbonyl (C=O) groups excluding carboxylic acids is 1. The molecule has 0 N–H and O–H groups in total. The molecule has 5 heteroatoms. The SMILES string of the molecule is CCOC(=O)c1cc(-c2cccs2)nc2ccc(Br)cc12. The van der Waals surface area contributed by atoms with Crippen molar-refractivity contribution in [1.29, 1.82) is 0 Å². The van der Waals surface area contributed by atoms with E-state index in [-0.39, 0.29) is 5.97 Å². The van der Waals surface area contributed by atoms with Gasteiger partial charge in [-0.1, -0.05) is 22.0 Å². The van der Waals surface area contributed by atoms with E-state index >= 15 is 0 Å². The first-order valence-electron chi connectivity index (χ1n) is 6.50. The summed E-state index contributed by atoms with van der Waals surface area (Å²) in [6.07, 6.45) is 0. The first-order chi connectivity index (χ1) is 10.2. The van der Waals surface area contributed by atoms with E-state index < -0.39 is 0 Å². The molecular weight excluding hydrogens is 350 g/mol. The second-order valence-corrected chi connectivity index (χ2v) is 6.28. The topological polar surface area (TPSA) is 39.2 Å². The molecule has 3 rings (SSSR count). The number of carbonyl (C=O) groups is 1. The van der Waals surface area contributed by atoms with Crippen LogP contribution in [0.1, 0.15) is 17.3 Å². The molecule has 0 amide bonds. The fraction of sp³-hybridized carbons (Fsp3) is 0.125. The molecule has 0 spiro atoms. The molecule has 0 radical (unpaired) electrons. The highest BCUT2D eigenvalue weighted by Crippen LogP contribution is 2.29. The van der Waals surface area contributed by atoms with Crippen molar-refractivity contribution >= 4 is 44.1 Å². The van der Waals surface area contributed by atoms with Crippen molar-refractivity contribution in [2.24, 2.45) is 0 Å². The highest BCUT2D eigenvalue weighted by molar-refractivity contribution is 9.10. The molecule has 2 heterocycles. The van der Waals surface area contributed by atoms with Crippen molar-refractivity contribution in [2.75, 3.05) is 6.61 Å². The van der Waals surface area contributed by atoms with Crippen molar-refractivity contribution in [3.05, 3.63) is 51.8 Å². The van der Waals surface area contributed by atoms with E-state index in [0.29, 0.717) is 12.2 Å². The summed E-state index contributed by atoms with van der Waals surface area (Å²) in [5, 5.41) is 2.79. The Bertz CT molecular complexity index is 799. The summed E-state index contributed by atoms with van der Waals surface area (Å²) in [7, 11) is 0. The quantitative estimate of drug-likeness (QED) is 0.622. The number of pyridine rings is 1. The van der Waals surface area contributed by atoms with Gasteiger partial charge in [0, 0.05) is 9.86 Å². The Morgan fingerprint density at radius 1 is 1.33 bits per heavy atom. The third-order valence-electron chi connectivity index (χ3n) is 3.04. The zero-order valence-electron chi connectivity index (χ0n) is 11.3. The van der Waals surface area contributed by atoms with Crippen LogP contribution in [-0.2, 0) is 4.74 Å². The molecule has 0 aliphatic heterocycles. The molecule has 0 saturated carbocycles. The van der Waals surface area contributed by atoms with Gasteiger partial charge in [-0.3, -0.25) is 0 Å². The fourth-order valence-corrected chi connectivity index (χ4v) is 3.17. The van der Waals surface area contributed by atoms with Crippen molar-refractivity contribution in [3.8, 4) is 10.6 Å². The molecule has 0 atom stereocenters.